The number of nitrogens with zero attached hydrogens (tertiary/aromatic N) is 3. The van der Waals surface area contributed by atoms with Gasteiger partial charge in [0.25, 0.3) is 10.0 Å². The third-order valence-electron chi connectivity index (χ3n) is 2.60. The number of nitrogens with one attached hydrogen (secondary N) is 1. The molecule has 1 heterocycles. The van der Waals surface area contributed by atoms with Crippen LogP contribution in [0.15, 0.2) is 35.7 Å². The Bertz CT molecular complexity index is 777. The number of nitriles is 1. The van der Waals surface area contributed by atoms with Crippen LogP contribution >= 0.6 is 0 Å². The topological polar surface area (TPSA) is 87.8 Å². The molecule has 0 saturated carbocycles. The molecule has 0 bridgehead atoms. The van der Waals surface area contributed by atoms with E-state index in [-0.39, 0.29) is 16.3 Å². The lowest BCUT2D eigenvalue weighted by molar-refractivity contribution is 0.597. The summed E-state index contributed by atoms with van der Waals surface area (Å²) in [7, 11) is -3.90. The molecule has 1 aromatic heterocycles. The van der Waals surface area contributed by atoms with Crippen molar-refractivity contribution >= 4 is 15.7 Å². The zero-order valence-corrected chi connectivity index (χ0v) is 11.4. The maximum absolute atomic E-state index is 13.0. The second-order valence-electron chi connectivity index (χ2n) is 3.95. The molecule has 2 aromatic rings. The number of hydrogen-bond donors (Lipinski definition) is 1. The van der Waals surface area contributed by atoms with E-state index in [0.717, 1.165) is 12.1 Å². The molecule has 104 valence electrons. The Morgan fingerprint density at radius 2 is 2.25 bits per heavy atom. The van der Waals surface area contributed by atoms with E-state index in [1.807, 2.05) is 6.92 Å². The minimum absolute atomic E-state index is 0.0138. The Morgan fingerprint density at radius 3 is 2.85 bits per heavy atom. The van der Waals surface area contributed by atoms with Gasteiger partial charge in [0, 0.05) is 12.7 Å². The van der Waals surface area contributed by atoms with Crippen molar-refractivity contribution in [2.45, 2.75) is 18.5 Å². The van der Waals surface area contributed by atoms with E-state index in [9.17, 15) is 12.8 Å². The van der Waals surface area contributed by atoms with Crippen molar-refractivity contribution in [2.75, 3.05) is 4.72 Å². The van der Waals surface area contributed by atoms with Crippen LogP contribution < -0.4 is 4.72 Å². The van der Waals surface area contributed by atoms with Gasteiger partial charge in [-0.15, -0.1) is 0 Å². The highest BCUT2D eigenvalue weighted by Gasteiger charge is 2.19. The van der Waals surface area contributed by atoms with Crippen LogP contribution in [0.25, 0.3) is 0 Å². The molecular formula is C12H11FN4O2S. The Kier molecular flexibility index (Phi) is 3.72. The standard InChI is InChI=1S/C12H11FN4O2S/c1-2-17-7-12(15-8-17)20(18,19)16-11-4-3-10(13)5-9(11)6-14/h3-5,7-8,16H,2H2,1H3. The van der Waals surface area contributed by atoms with Crippen molar-refractivity contribution in [3.8, 4) is 6.07 Å². The molecule has 0 fully saturated rings. The number of sulfonamides is 1. The van der Waals surface area contributed by atoms with E-state index < -0.39 is 15.8 Å². The molecular weight excluding hydrogens is 283 g/mol. The summed E-state index contributed by atoms with van der Waals surface area (Å²) >= 11 is 0. The normalized spacial score (nSPS) is 11.1. The molecule has 0 aliphatic carbocycles. The van der Waals surface area contributed by atoms with E-state index in [0.29, 0.717) is 6.54 Å². The molecule has 0 aliphatic rings. The lowest BCUT2D eigenvalue weighted by Crippen LogP contribution is -2.14. The average Bonchev–Trinajstić information content (AvgIpc) is 2.90. The third-order valence-corrected chi connectivity index (χ3v) is 3.85. The number of benzene rings is 1. The molecule has 0 unspecified atom stereocenters. The monoisotopic (exact) mass is 294 g/mol. The number of aryl methyl sites for hydroxylation is 1. The van der Waals surface area contributed by atoms with Gasteiger partial charge in [-0.2, -0.15) is 13.7 Å². The number of aromatic nitrogens is 2. The van der Waals surface area contributed by atoms with Gasteiger partial charge in [0.2, 0.25) is 0 Å². The van der Waals surface area contributed by atoms with Crippen molar-refractivity contribution in [3.05, 3.63) is 42.1 Å². The molecule has 0 radical (unpaired) electrons. The van der Waals surface area contributed by atoms with Crippen LogP contribution in [0.4, 0.5) is 10.1 Å². The smallest absolute Gasteiger partial charge is 0.280 e. The molecule has 20 heavy (non-hydrogen) atoms. The minimum Gasteiger partial charge on any atom is -0.336 e. The second-order valence-corrected chi connectivity index (χ2v) is 5.58. The van der Waals surface area contributed by atoms with Crippen molar-refractivity contribution < 1.29 is 12.8 Å². The first-order valence-corrected chi connectivity index (χ1v) is 7.19. The molecule has 1 N–H and O–H groups in total. The zero-order chi connectivity index (χ0) is 14.8. The fourth-order valence-corrected chi connectivity index (χ4v) is 2.58. The number of rotatable bonds is 4. The summed E-state index contributed by atoms with van der Waals surface area (Å²) < 4.78 is 41.0. The van der Waals surface area contributed by atoms with Gasteiger partial charge in [-0.05, 0) is 25.1 Å². The fourth-order valence-electron chi connectivity index (χ4n) is 1.55. The zero-order valence-electron chi connectivity index (χ0n) is 10.5. The van der Waals surface area contributed by atoms with E-state index >= 15 is 0 Å². The molecule has 0 atom stereocenters. The molecule has 2 rings (SSSR count). The van der Waals surface area contributed by atoms with Gasteiger partial charge in [0.1, 0.15) is 11.9 Å². The van der Waals surface area contributed by atoms with Gasteiger partial charge < -0.3 is 4.57 Å². The largest absolute Gasteiger partial charge is 0.336 e. The molecule has 6 nitrogen and oxygen atoms in total. The third kappa shape index (κ3) is 2.78. The first kappa shape index (κ1) is 14.0. The first-order valence-electron chi connectivity index (χ1n) is 5.70. The molecule has 0 saturated heterocycles. The van der Waals surface area contributed by atoms with Crippen LogP contribution in [0, 0.1) is 17.1 Å². The summed E-state index contributed by atoms with van der Waals surface area (Å²) in [6.07, 6.45) is 2.77. The van der Waals surface area contributed by atoms with Crippen LogP contribution in [-0.2, 0) is 16.6 Å². The average molecular weight is 294 g/mol. The lowest BCUT2D eigenvalue weighted by atomic mass is 10.2. The van der Waals surface area contributed by atoms with Crippen LogP contribution in [0.1, 0.15) is 12.5 Å². The quantitative estimate of drug-likeness (QED) is 0.930. The Balaban J connectivity index is 2.36. The minimum atomic E-state index is -3.90. The van der Waals surface area contributed by atoms with Gasteiger partial charge in [0.05, 0.1) is 17.6 Å². The van der Waals surface area contributed by atoms with Gasteiger partial charge >= 0.3 is 0 Å². The highest BCUT2D eigenvalue weighted by atomic mass is 32.2. The highest BCUT2D eigenvalue weighted by molar-refractivity contribution is 7.92. The molecule has 1 aromatic carbocycles. The van der Waals surface area contributed by atoms with Gasteiger partial charge in [-0.25, -0.2) is 9.37 Å². The highest BCUT2D eigenvalue weighted by Crippen LogP contribution is 2.19. The predicted molar refractivity (Wildman–Crippen MR) is 69.8 cm³/mol. The molecule has 0 aliphatic heterocycles. The molecule has 0 spiro atoms. The summed E-state index contributed by atoms with van der Waals surface area (Å²) in [5.41, 5.74) is -0.0801. The second kappa shape index (κ2) is 5.30. The Labute approximate surface area is 115 Å². The summed E-state index contributed by atoms with van der Waals surface area (Å²) in [5.74, 6) is -0.611. The number of anilines is 1. The van der Waals surface area contributed by atoms with E-state index in [1.165, 1.54) is 18.6 Å². The van der Waals surface area contributed by atoms with Crippen molar-refractivity contribution in [1.82, 2.24) is 9.55 Å². The molecule has 0 amide bonds. The van der Waals surface area contributed by atoms with Gasteiger partial charge in [-0.1, -0.05) is 0 Å². The van der Waals surface area contributed by atoms with Crippen molar-refractivity contribution in [1.29, 1.82) is 5.26 Å². The maximum Gasteiger partial charge on any atom is 0.280 e. The van der Waals surface area contributed by atoms with Crippen LogP contribution in [0.5, 0.6) is 0 Å². The molecule has 8 heteroatoms. The van der Waals surface area contributed by atoms with Crippen molar-refractivity contribution in [2.24, 2.45) is 0 Å². The first-order chi connectivity index (χ1) is 9.46. The fraction of sp³-hybridized carbons (Fsp3) is 0.167. The van der Waals surface area contributed by atoms with E-state index in [4.69, 9.17) is 5.26 Å². The summed E-state index contributed by atoms with van der Waals surface area (Å²) in [6.45, 7) is 2.43. The number of halogens is 1. The summed E-state index contributed by atoms with van der Waals surface area (Å²) in [5, 5.41) is 8.72. The van der Waals surface area contributed by atoms with Crippen molar-refractivity contribution in [3.63, 3.8) is 0 Å². The Morgan fingerprint density at radius 1 is 1.50 bits per heavy atom. The van der Waals surface area contributed by atoms with E-state index in [1.54, 1.807) is 10.6 Å². The number of hydrogen-bond acceptors (Lipinski definition) is 4. The van der Waals surface area contributed by atoms with Crippen LogP contribution in [-0.4, -0.2) is 18.0 Å². The maximum atomic E-state index is 13.0. The van der Waals surface area contributed by atoms with Crippen LogP contribution in [0.2, 0.25) is 0 Å². The van der Waals surface area contributed by atoms with Gasteiger partial charge in [-0.3, -0.25) is 4.72 Å². The van der Waals surface area contributed by atoms with E-state index in [2.05, 4.69) is 9.71 Å². The predicted octanol–water partition coefficient (Wildman–Crippen LogP) is 1.71. The summed E-state index contributed by atoms with van der Waals surface area (Å²) in [6, 6.07) is 4.96. The van der Waals surface area contributed by atoms with Gasteiger partial charge in [0.15, 0.2) is 5.03 Å². The SMILES string of the molecule is CCn1cnc(S(=O)(=O)Nc2ccc(F)cc2C#N)c1. The Hall–Kier alpha value is -2.40. The van der Waals surface area contributed by atoms with Crippen LogP contribution in [0.3, 0.4) is 0 Å². The summed E-state index contributed by atoms with van der Waals surface area (Å²) in [4.78, 5) is 3.78. The number of imidazole rings is 1. The lowest BCUT2D eigenvalue weighted by Gasteiger charge is -2.07.